The van der Waals surface area contributed by atoms with Gasteiger partial charge in [-0.2, -0.15) is 10.1 Å². The minimum Gasteiger partial charge on any atom is -0.336 e. The van der Waals surface area contributed by atoms with E-state index in [0.717, 1.165) is 15.7 Å². The van der Waals surface area contributed by atoms with E-state index in [4.69, 9.17) is 4.98 Å². The van der Waals surface area contributed by atoms with Crippen molar-refractivity contribution in [1.29, 1.82) is 0 Å². The van der Waals surface area contributed by atoms with E-state index in [1.54, 1.807) is 0 Å². The summed E-state index contributed by atoms with van der Waals surface area (Å²) in [5, 5.41) is 15.1. The van der Waals surface area contributed by atoms with Gasteiger partial charge in [-0.25, -0.2) is 4.52 Å². The lowest BCUT2D eigenvalue weighted by Crippen LogP contribution is -2.49. The van der Waals surface area contributed by atoms with E-state index in [1.165, 1.54) is 0 Å². The molecule has 10 heteroatoms. The van der Waals surface area contributed by atoms with Gasteiger partial charge in [0, 0.05) is 48.6 Å². The number of nitrogens with one attached hydrogen (secondary N) is 2. The second-order valence-corrected chi connectivity index (χ2v) is 8.27. The minimum atomic E-state index is 0.0326. The summed E-state index contributed by atoms with van der Waals surface area (Å²) in [4.78, 5) is 21.6. The number of hydrogen-bond donors (Lipinski definition) is 2. The number of aromatic amines is 1. The Morgan fingerprint density at radius 2 is 1.94 bits per heavy atom. The number of H-pyrrole nitrogens is 1. The molecule has 5 rings (SSSR count). The molecule has 0 saturated carbocycles. The smallest absolute Gasteiger partial charge is 0.255 e. The molecule has 0 spiro atoms. The normalized spacial score (nSPS) is 14.3. The second-order valence-electron chi connectivity index (χ2n) is 7.42. The lowest BCUT2D eigenvalue weighted by Gasteiger charge is -2.35. The molecule has 9 nitrogen and oxygen atoms in total. The topological polar surface area (TPSA) is 94.5 Å². The predicted molar refractivity (Wildman–Crippen MR) is 122 cm³/mol. The molecule has 158 valence electrons. The molecule has 31 heavy (non-hydrogen) atoms. The fourth-order valence-electron chi connectivity index (χ4n) is 3.67. The first-order chi connectivity index (χ1) is 15.1. The van der Waals surface area contributed by atoms with Crippen LogP contribution in [0.5, 0.6) is 0 Å². The zero-order valence-electron chi connectivity index (χ0n) is 16.9. The van der Waals surface area contributed by atoms with Crippen molar-refractivity contribution in [3.05, 3.63) is 64.4 Å². The second kappa shape index (κ2) is 8.03. The number of piperazine rings is 1. The first-order valence-corrected chi connectivity index (χ1v) is 10.8. The van der Waals surface area contributed by atoms with Crippen molar-refractivity contribution in [2.24, 2.45) is 0 Å². The fourth-order valence-corrected chi connectivity index (χ4v) is 4.12. The van der Waals surface area contributed by atoms with Crippen molar-refractivity contribution in [3.63, 3.8) is 0 Å². The number of anilines is 3. The monoisotopic (exact) mass is 480 g/mol. The van der Waals surface area contributed by atoms with Crippen molar-refractivity contribution in [3.8, 4) is 0 Å². The number of aryl methyl sites for hydroxylation is 1. The standard InChI is InChI=1S/C21H21BrN8O/c1-14-13-18(26-25-14)23-19-17-7-4-8-30(17)27-21(24-19)29-11-9-28(10-12-29)20(31)15-5-2-3-6-16(15)22/h2-8,13H,9-12H2,1H3,(H2,23,24,25,26,27). The van der Waals surface area contributed by atoms with Crippen LogP contribution in [-0.2, 0) is 0 Å². The Morgan fingerprint density at radius 3 is 2.68 bits per heavy atom. The van der Waals surface area contributed by atoms with Crippen LogP contribution in [0.25, 0.3) is 5.52 Å². The average Bonchev–Trinajstić information content (AvgIpc) is 3.42. The molecule has 0 atom stereocenters. The Labute approximate surface area is 187 Å². The van der Waals surface area contributed by atoms with Crippen LogP contribution in [0.3, 0.4) is 0 Å². The molecule has 0 aliphatic carbocycles. The summed E-state index contributed by atoms with van der Waals surface area (Å²) in [6.45, 7) is 4.47. The molecule has 4 heterocycles. The Morgan fingerprint density at radius 1 is 1.13 bits per heavy atom. The lowest BCUT2D eigenvalue weighted by atomic mass is 10.2. The van der Waals surface area contributed by atoms with Gasteiger partial charge in [0.2, 0.25) is 5.95 Å². The molecule has 0 unspecified atom stereocenters. The van der Waals surface area contributed by atoms with E-state index < -0.39 is 0 Å². The highest BCUT2D eigenvalue weighted by atomic mass is 79.9. The molecule has 3 aromatic heterocycles. The molecule has 1 fully saturated rings. The summed E-state index contributed by atoms with van der Waals surface area (Å²) in [5.74, 6) is 2.04. The summed E-state index contributed by atoms with van der Waals surface area (Å²) in [6, 6.07) is 13.3. The Kier molecular flexibility index (Phi) is 5.06. The molecule has 0 bridgehead atoms. The van der Waals surface area contributed by atoms with Crippen LogP contribution in [0.4, 0.5) is 17.6 Å². The quantitative estimate of drug-likeness (QED) is 0.465. The molecule has 1 saturated heterocycles. The van der Waals surface area contributed by atoms with E-state index in [-0.39, 0.29) is 5.91 Å². The average molecular weight is 481 g/mol. The fraction of sp³-hybridized carbons (Fsp3) is 0.238. The molecule has 1 amide bonds. The van der Waals surface area contributed by atoms with Crippen molar-refractivity contribution >= 4 is 44.9 Å². The van der Waals surface area contributed by atoms with Gasteiger partial charge in [-0.3, -0.25) is 9.89 Å². The van der Waals surface area contributed by atoms with Gasteiger partial charge in [0.15, 0.2) is 11.6 Å². The highest BCUT2D eigenvalue weighted by molar-refractivity contribution is 9.10. The highest BCUT2D eigenvalue weighted by Crippen LogP contribution is 2.23. The first-order valence-electron chi connectivity index (χ1n) is 10.0. The number of halogens is 1. The van der Waals surface area contributed by atoms with Gasteiger partial charge in [-0.1, -0.05) is 12.1 Å². The summed E-state index contributed by atoms with van der Waals surface area (Å²) in [7, 11) is 0. The number of amides is 1. The summed E-state index contributed by atoms with van der Waals surface area (Å²) in [5.41, 5.74) is 2.52. The van der Waals surface area contributed by atoms with E-state index in [0.29, 0.717) is 49.3 Å². The van der Waals surface area contributed by atoms with Gasteiger partial charge >= 0.3 is 0 Å². The van der Waals surface area contributed by atoms with Crippen molar-refractivity contribution in [2.45, 2.75) is 6.92 Å². The third-order valence-electron chi connectivity index (χ3n) is 5.29. The van der Waals surface area contributed by atoms with Crippen LogP contribution in [-0.4, -0.2) is 61.8 Å². The molecular formula is C21H21BrN8O. The number of carbonyl (C=O) groups is 1. The van der Waals surface area contributed by atoms with Crippen LogP contribution in [0.1, 0.15) is 16.1 Å². The Balaban J connectivity index is 1.35. The summed E-state index contributed by atoms with van der Waals surface area (Å²) < 4.78 is 2.62. The molecule has 1 aliphatic heterocycles. The maximum absolute atomic E-state index is 12.9. The van der Waals surface area contributed by atoms with Crippen LogP contribution in [0, 0.1) is 6.92 Å². The van der Waals surface area contributed by atoms with Gasteiger partial charge in [0.25, 0.3) is 5.91 Å². The lowest BCUT2D eigenvalue weighted by molar-refractivity contribution is 0.0745. The first kappa shape index (κ1) is 19.6. The summed E-state index contributed by atoms with van der Waals surface area (Å²) in [6.07, 6.45) is 1.90. The zero-order valence-corrected chi connectivity index (χ0v) is 18.5. The van der Waals surface area contributed by atoms with Gasteiger partial charge in [0.05, 0.1) is 5.56 Å². The number of nitrogens with zero attached hydrogens (tertiary/aromatic N) is 6. The van der Waals surface area contributed by atoms with Gasteiger partial charge in [-0.05, 0) is 47.1 Å². The van der Waals surface area contributed by atoms with Crippen molar-refractivity contribution in [1.82, 2.24) is 29.7 Å². The molecular weight excluding hydrogens is 460 g/mol. The number of benzene rings is 1. The van der Waals surface area contributed by atoms with E-state index in [2.05, 4.69) is 41.4 Å². The van der Waals surface area contributed by atoms with Crippen LogP contribution in [0.2, 0.25) is 0 Å². The zero-order chi connectivity index (χ0) is 21.4. The molecule has 1 aliphatic rings. The van der Waals surface area contributed by atoms with Crippen LogP contribution >= 0.6 is 15.9 Å². The molecule has 0 radical (unpaired) electrons. The minimum absolute atomic E-state index is 0.0326. The Hall–Kier alpha value is -3.40. The van der Waals surface area contributed by atoms with E-state index >= 15 is 0 Å². The van der Waals surface area contributed by atoms with Gasteiger partial charge in [-0.15, -0.1) is 5.10 Å². The highest BCUT2D eigenvalue weighted by Gasteiger charge is 2.25. The van der Waals surface area contributed by atoms with Crippen molar-refractivity contribution in [2.75, 3.05) is 36.4 Å². The summed E-state index contributed by atoms with van der Waals surface area (Å²) >= 11 is 3.47. The van der Waals surface area contributed by atoms with Crippen LogP contribution in [0.15, 0.2) is 53.1 Å². The van der Waals surface area contributed by atoms with Gasteiger partial charge < -0.3 is 15.1 Å². The third-order valence-corrected chi connectivity index (χ3v) is 5.98. The predicted octanol–water partition coefficient (Wildman–Crippen LogP) is 3.23. The number of fused-ring (bicyclic) bond motifs is 1. The molecule has 4 aromatic rings. The largest absolute Gasteiger partial charge is 0.336 e. The molecule has 2 N–H and O–H groups in total. The molecule has 1 aromatic carbocycles. The number of rotatable bonds is 4. The van der Waals surface area contributed by atoms with E-state index in [9.17, 15) is 4.79 Å². The van der Waals surface area contributed by atoms with Crippen LogP contribution < -0.4 is 10.2 Å². The van der Waals surface area contributed by atoms with E-state index in [1.807, 2.05) is 65.0 Å². The number of carbonyl (C=O) groups excluding carboxylic acids is 1. The maximum atomic E-state index is 12.9. The Bertz CT molecular complexity index is 1240. The number of aromatic nitrogens is 5. The van der Waals surface area contributed by atoms with Crippen molar-refractivity contribution < 1.29 is 4.79 Å². The SMILES string of the molecule is Cc1cc(Nc2nc(N3CCN(C(=O)c4ccccc4Br)CC3)nn3cccc23)n[nH]1. The maximum Gasteiger partial charge on any atom is 0.255 e. The number of hydrogen-bond acceptors (Lipinski definition) is 6. The third kappa shape index (κ3) is 3.86. The van der Waals surface area contributed by atoms with Gasteiger partial charge in [0.1, 0.15) is 5.52 Å².